The number of Topliss-reactive ketones (excluding diaryl/α,β-unsaturated/α-hetero) is 1. The molecule has 0 radical (unpaired) electrons. The molecule has 3 aromatic rings. The smallest absolute Gasteiger partial charge is 0.336 e. The lowest BCUT2D eigenvalue weighted by atomic mass is 10.1. The Morgan fingerprint density at radius 2 is 1.72 bits per heavy atom. The van der Waals surface area contributed by atoms with Crippen LogP contribution in [-0.4, -0.2) is 11.8 Å². The molecule has 0 amide bonds. The fourth-order valence-electron chi connectivity index (χ4n) is 3.00. The van der Waals surface area contributed by atoms with Gasteiger partial charge in [0.25, 0.3) is 0 Å². The Kier molecular flexibility index (Phi) is 5.08. The van der Waals surface area contributed by atoms with Gasteiger partial charge in [0, 0.05) is 12.1 Å². The van der Waals surface area contributed by atoms with Gasteiger partial charge in [0.1, 0.15) is 11.5 Å². The van der Waals surface area contributed by atoms with Crippen LogP contribution in [0, 0.1) is 6.92 Å². The molecule has 1 aliphatic heterocycles. The van der Waals surface area contributed by atoms with Gasteiger partial charge in [0.15, 0.2) is 5.76 Å². The van der Waals surface area contributed by atoms with E-state index in [4.69, 9.17) is 9.47 Å². The first-order valence-corrected chi connectivity index (χ1v) is 9.19. The minimum atomic E-state index is -0.506. The van der Waals surface area contributed by atoms with Crippen molar-refractivity contribution in [2.24, 2.45) is 0 Å². The number of ether oxygens (including phenoxy) is 2. The standard InChI is InChI=1S/C25H18O4/c1-17-7-5-6-10-19(17)15-23-25(27)21-13-12-20(16-22(21)29-23)28-24(26)14-11-18-8-3-2-4-9-18/h2-16H,1H3. The third-order valence-corrected chi connectivity index (χ3v) is 4.55. The predicted octanol–water partition coefficient (Wildman–Crippen LogP) is 5.23. The minimum absolute atomic E-state index is 0.190. The summed E-state index contributed by atoms with van der Waals surface area (Å²) < 4.78 is 11.1. The third kappa shape index (κ3) is 4.17. The zero-order valence-corrected chi connectivity index (χ0v) is 15.8. The summed E-state index contributed by atoms with van der Waals surface area (Å²) in [6.07, 6.45) is 4.77. The Morgan fingerprint density at radius 3 is 2.52 bits per heavy atom. The first kappa shape index (κ1) is 18.4. The van der Waals surface area contributed by atoms with Gasteiger partial charge in [0.05, 0.1) is 5.56 Å². The number of carbonyl (C=O) groups is 2. The van der Waals surface area contributed by atoms with E-state index in [1.807, 2.05) is 61.5 Å². The lowest BCUT2D eigenvalue weighted by Crippen LogP contribution is -2.03. The zero-order chi connectivity index (χ0) is 20.2. The highest BCUT2D eigenvalue weighted by Crippen LogP contribution is 2.35. The van der Waals surface area contributed by atoms with Crippen LogP contribution >= 0.6 is 0 Å². The lowest BCUT2D eigenvalue weighted by Gasteiger charge is -2.04. The Bertz CT molecular complexity index is 1140. The largest absolute Gasteiger partial charge is 0.452 e. The molecule has 4 nitrogen and oxygen atoms in total. The van der Waals surface area contributed by atoms with Crippen molar-refractivity contribution >= 4 is 23.9 Å². The molecule has 0 aromatic heterocycles. The maximum Gasteiger partial charge on any atom is 0.336 e. The molecule has 0 spiro atoms. The van der Waals surface area contributed by atoms with Gasteiger partial charge >= 0.3 is 5.97 Å². The summed E-state index contributed by atoms with van der Waals surface area (Å²) in [6.45, 7) is 1.97. The highest BCUT2D eigenvalue weighted by Gasteiger charge is 2.28. The molecule has 4 heteroatoms. The van der Waals surface area contributed by atoms with Crippen LogP contribution in [0.15, 0.2) is 84.6 Å². The van der Waals surface area contributed by atoms with Gasteiger partial charge < -0.3 is 9.47 Å². The van der Waals surface area contributed by atoms with Gasteiger partial charge in [-0.25, -0.2) is 4.79 Å². The molecule has 0 fully saturated rings. The van der Waals surface area contributed by atoms with E-state index in [2.05, 4.69) is 0 Å². The molecule has 142 valence electrons. The topological polar surface area (TPSA) is 52.6 Å². The molecule has 4 rings (SSSR count). The number of rotatable bonds is 4. The van der Waals surface area contributed by atoms with Crippen LogP contribution < -0.4 is 9.47 Å². The number of aryl methyl sites for hydroxylation is 1. The number of fused-ring (bicyclic) bond motifs is 1. The van der Waals surface area contributed by atoms with Crippen LogP contribution in [0.4, 0.5) is 0 Å². The Morgan fingerprint density at radius 1 is 0.966 bits per heavy atom. The minimum Gasteiger partial charge on any atom is -0.452 e. The fourth-order valence-corrected chi connectivity index (χ4v) is 3.00. The van der Waals surface area contributed by atoms with Crippen molar-refractivity contribution in [3.05, 3.63) is 107 Å². The summed E-state index contributed by atoms with van der Waals surface area (Å²) in [4.78, 5) is 24.7. The molecule has 0 saturated heterocycles. The van der Waals surface area contributed by atoms with E-state index in [0.29, 0.717) is 17.1 Å². The quantitative estimate of drug-likeness (QED) is 0.352. The fraction of sp³-hybridized carbons (Fsp3) is 0.0400. The summed E-state index contributed by atoms with van der Waals surface area (Å²) in [5.41, 5.74) is 3.32. The van der Waals surface area contributed by atoms with Crippen molar-refractivity contribution < 1.29 is 19.1 Å². The van der Waals surface area contributed by atoms with Crippen molar-refractivity contribution in [2.45, 2.75) is 6.92 Å². The number of hydrogen-bond donors (Lipinski definition) is 0. The van der Waals surface area contributed by atoms with E-state index in [9.17, 15) is 9.59 Å². The second kappa shape index (κ2) is 7.98. The summed E-state index contributed by atoms with van der Waals surface area (Å²) >= 11 is 0. The van der Waals surface area contributed by atoms with E-state index >= 15 is 0 Å². The normalized spacial score (nSPS) is 14.1. The monoisotopic (exact) mass is 382 g/mol. The van der Waals surface area contributed by atoms with E-state index in [-0.39, 0.29) is 11.5 Å². The molecule has 0 saturated carbocycles. The van der Waals surface area contributed by atoms with E-state index in [1.165, 1.54) is 6.08 Å². The van der Waals surface area contributed by atoms with E-state index in [1.54, 1.807) is 30.4 Å². The first-order valence-electron chi connectivity index (χ1n) is 9.19. The van der Waals surface area contributed by atoms with Crippen molar-refractivity contribution in [2.75, 3.05) is 0 Å². The van der Waals surface area contributed by atoms with Crippen molar-refractivity contribution in [1.82, 2.24) is 0 Å². The molecule has 0 bridgehead atoms. The number of esters is 1. The first-order chi connectivity index (χ1) is 14.1. The summed E-state index contributed by atoms with van der Waals surface area (Å²) in [5, 5.41) is 0. The molecule has 3 aromatic carbocycles. The van der Waals surface area contributed by atoms with Crippen molar-refractivity contribution in [3.8, 4) is 11.5 Å². The van der Waals surface area contributed by atoms with Crippen LogP contribution in [0.5, 0.6) is 11.5 Å². The van der Waals surface area contributed by atoms with Crippen molar-refractivity contribution in [3.63, 3.8) is 0 Å². The van der Waals surface area contributed by atoms with E-state index in [0.717, 1.165) is 16.7 Å². The summed E-state index contributed by atoms with van der Waals surface area (Å²) in [7, 11) is 0. The molecule has 0 atom stereocenters. The number of benzene rings is 3. The van der Waals surface area contributed by atoms with Gasteiger partial charge in [0.2, 0.25) is 5.78 Å². The molecule has 29 heavy (non-hydrogen) atoms. The molecule has 1 aliphatic rings. The summed E-state index contributed by atoms with van der Waals surface area (Å²) in [6, 6.07) is 22.0. The Labute approximate surface area is 168 Å². The van der Waals surface area contributed by atoms with Gasteiger partial charge in [-0.3, -0.25) is 4.79 Å². The van der Waals surface area contributed by atoms with Gasteiger partial charge in [-0.1, -0.05) is 54.6 Å². The molecule has 1 heterocycles. The lowest BCUT2D eigenvalue weighted by molar-refractivity contribution is -0.128. The Hall–Kier alpha value is -3.92. The van der Waals surface area contributed by atoms with Crippen LogP contribution in [0.2, 0.25) is 0 Å². The second-order valence-corrected chi connectivity index (χ2v) is 6.62. The predicted molar refractivity (Wildman–Crippen MR) is 112 cm³/mol. The third-order valence-electron chi connectivity index (χ3n) is 4.55. The average Bonchev–Trinajstić information content (AvgIpc) is 3.04. The number of carbonyl (C=O) groups excluding carboxylic acids is 2. The van der Waals surface area contributed by atoms with Crippen LogP contribution in [0.1, 0.15) is 27.0 Å². The van der Waals surface area contributed by atoms with Crippen LogP contribution in [-0.2, 0) is 4.79 Å². The van der Waals surface area contributed by atoms with E-state index < -0.39 is 5.97 Å². The van der Waals surface area contributed by atoms with Crippen molar-refractivity contribution in [1.29, 1.82) is 0 Å². The number of hydrogen-bond acceptors (Lipinski definition) is 4. The van der Waals surface area contributed by atoms with Gasteiger partial charge in [-0.2, -0.15) is 0 Å². The van der Waals surface area contributed by atoms with Gasteiger partial charge in [-0.15, -0.1) is 0 Å². The molecule has 0 N–H and O–H groups in total. The number of ketones is 1. The highest BCUT2D eigenvalue weighted by molar-refractivity contribution is 6.14. The highest BCUT2D eigenvalue weighted by atomic mass is 16.5. The average molecular weight is 382 g/mol. The van der Waals surface area contributed by atoms with Crippen LogP contribution in [0.3, 0.4) is 0 Å². The zero-order valence-electron chi connectivity index (χ0n) is 15.8. The molecule has 0 unspecified atom stereocenters. The molecule has 0 aliphatic carbocycles. The molecular weight excluding hydrogens is 364 g/mol. The maximum atomic E-state index is 12.6. The number of allylic oxidation sites excluding steroid dienone is 1. The second-order valence-electron chi connectivity index (χ2n) is 6.62. The van der Waals surface area contributed by atoms with Gasteiger partial charge in [-0.05, 0) is 47.9 Å². The van der Waals surface area contributed by atoms with Crippen LogP contribution in [0.25, 0.3) is 12.2 Å². The molecular formula is C25H18O4. The summed E-state index contributed by atoms with van der Waals surface area (Å²) in [5.74, 6) is 0.254. The maximum absolute atomic E-state index is 12.6. The SMILES string of the molecule is Cc1ccccc1C=C1Oc2cc(OC(=O)C=Cc3ccccc3)ccc2C1=O. The Balaban J connectivity index is 1.49.